The Bertz CT molecular complexity index is 162. The molecule has 1 aliphatic rings. The highest BCUT2D eigenvalue weighted by Gasteiger charge is 2.41. The van der Waals surface area contributed by atoms with Crippen molar-refractivity contribution in [1.82, 2.24) is 0 Å². The van der Waals surface area contributed by atoms with E-state index in [0.29, 0.717) is 0 Å². The molecule has 0 amide bonds. The Morgan fingerprint density at radius 3 is 2.58 bits per heavy atom. The molecule has 1 saturated heterocycles. The number of aliphatic hydroxyl groups is 1. The first-order chi connectivity index (χ1) is 5.62. The van der Waals surface area contributed by atoms with Gasteiger partial charge in [-0.05, 0) is 25.5 Å². The maximum atomic E-state index is 10.9. The molecule has 0 bridgehead atoms. The molecule has 0 radical (unpaired) electrons. The molecular weight excluding hydrogens is 172 g/mol. The highest BCUT2D eigenvalue weighted by molar-refractivity contribution is 8.01. The number of rotatable bonds is 3. The molecule has 0 aromatic heterocycles. The topological polar surface area (TPSA) is 37.3 Å². The largest absolute Gasteiger partial charge is 0.393 e. The molecule has 0 aliphatic carbocycles. The van der Waals surface area contributed by atoms with Crippen LogP contribution in [0.2, 0.25) is 0 Å². The quantitative estimate of drug-likeness (QED) is 0.681. The smallest absolute Gasteiger partial charge is 0.136 e. The van der Waals surface area contributed by atoms with Crippen LogP contribution >= 0.6 is 11.8 Å². The molecule has 0 spiro atoms. The Balaban J connectivity index is 2.71. The van der Waals surface area contributed by atoms with Crippen LogP contribution in [-0.2, 0) is 4.79 Å². The summed E-state index contributed by atoms with van der Waals surface area (Å²) in [5.41, 5.74) is 0. The van der Waals surface area contributed by atoms with Gasteiger partial charge in [0.2, 0.25) is 0 Å². The van der Waals surface area contributed by atoms with Crippen LogP contribution in [-0.4, -0.2) is 28.0 Å². The summed E-state index contributed by atoms with van der Waals surface area (Å²) < 4.78 is -0.297. The lowest BCUT2D eigenvalue weighted by Gasteiger charge is -2.30. The Kier molecular flexibility index (Phi) is 3.18. The van der Waals surface area contributed by atoms with Gasteiger partial charge in [-0.3, -0.25) is 0 Å². The molecule has 2 nitrogen and oxygen atoms in total. The summed E-state index contributed by atoms with van der Waals surface area (Å²) in [7, 11) is 0. The van der Waals surface area contributed by atoms with Crippen LogP contribution in [0.3, 0.4) is 0 Å². The van der Waals surface area contributed by atoms with E-state index in [0.717, 1.165) is 24.9 Å². The molecule has 3 heteroatoms. The number of aldehydes is 1. The van der Waals surface area contributed by atoms with Gasteiger partial charge in [0.05, 0.1) is 10.9 Å². The first-order valence-corrected chi connectivity index (χ1v) is 5.39. The van der Waals surface area contributed by atoms with E-state index in [1.54, 1.807) is 18.7 Å². The minimum atomic E-state index is -0.388. The molecule has 0 aromatic rings. The van der Waals surface area contributed by atoms with Gasteiger partial charge in [0.15, 0.2) is 0 Å². The Labute approximate surface area is 77.7 Å². The molecule has 1 rings (SSSR count). The molecule has 3 unspecified atom stereocenters. The van der Waals surface area contributed by atoms with Crippen LogP contribution < -0.4 is 0 Å². The first kappa shape index (κ1) is 10.1. The van der Waals surface area contributed by atoms with Crippen molar-refractivity contribution in [3.05, 3.63) is 0 Å². The molecule has 70 valence electrons. The van der Waals surface area contributed by atoms with Crippen LogP contribution in [0.25, 0.3) is 0 Å². The SMILES string of the molecule is CC(O)C(C)C1(C=O)CCCS1. The van der Waals surface area contributed by atoms with E-state index in [9.17, 15) is 9.90 Å². The predicted molar refractivity (Wildman–Crippen MR) is 51.3 cm³/mol. The molecule has 1 fully saturated rings. The van der Waals surface area contributed by atoms with Crippen LogP contribution in [0.15, 0.2) is 0 Å². The number of hydrogen-bond acceptors (Lipinski definition) is 3. The Hall–Kier alpha value is -0.0200. The van der Waals surface area contributed by atoms with E-state index in [2.05, 4.69) is 0 Å². The molecule has 12 heavy (non-hydrogen) atoms. The second-order valence-electron chi connectivity index (χ2n) is 3.55. The summed E-state index contributed by atoms with van der Waals surface area (Å²) in [5.74, 6) is 1.12. The maximum Gasteiger partial charge on any atom is 0.136 e. The highest BCUT2D eigenvalue weighted by atomic mass is 32.2. The summed E-state index contributed by atoms with van der Waals surface area (Å²) in [5, 5.41) is 9.41. The van der Waals surface area contributed by atoms with Crippen molar-refractivity contribution in [2.24, 2.45) is 5.92 Å². The van der Waals surface area contributed by atoms with Crippen LogP contribution in [0.5, 0.6) is 0 Å². The predicted octanol–water partition coefficient (Wildman–Crippen LogP) is 1.47. The van der Waals surface area contributed by atoms with E-state index >= 15 is 0 Å². The molecule has 1 heterocycles. The lowest BCUT2D eigenvalue weighted by molar-refractivity contribution is -0.112. The summed E-state index contributed by atoms with van der Waals surface area (Å²) in [4.78, 5) is 10.9. The number of hydrogen-bond donors (Lipinski definition) is 1. The minimum Gasteiger partial charge on any atom is -0.393 e. The third-order valence-electron chi connectivity index (χ3n) is 2.78. The number of aliphatic hydroxyl groups excluding tert-OH is 1. The zero-order valence-electron chi connectivity index (χ0n) is 7.62. The number of carbonyl (C=O) groups is 1. The van der Waals surface area contributed by atoms with Crippen molar-refractivity contribution in [2.75, 3.05) is 5.75 Å². The number of thioether (sulfide) groups is 1. The van der Waals surface area contributed by atoms with Gasteiger partial charge in [0.1, 0.15) is 6.29 Å². The standard InChI is InChI=1S/C9H16O2S/c1-7(8(2)11)9(6-10)4-3-5-12-9/h6-8,11H,3-5H2,1-2H3. The average molecular weight is 188 g/mol. The van der Waals surface area contributed by atoms with Crippen LogP contribution in [0.4, 0.5) is 0 Å². The van der Waals surface area contributed by atoms with Crippen molar-refractivity contribution in [3.63, 3.8) is 0 Å². The van der Waals surface area contributed by atoms with Crippen molar-refractivity contribution >= 4 is 18.0 Å². The minimum absolute atomic E-state index is 0.0718. The fourth-order valence-corrected chi connectivity index (χ4v) is 3.14. The fraction of sp³-hybridized carbons (Fsp3) is 0.889. The van der Waals surface area contributed by atoms with Gasteiger partial charge in [-0.2, -0.15) is 0 Å². The summed E-state index contributed by atoms with van der Waals surface area (Å²) >= 11 is 1.70. The van der Waals surface area contributed by atoms with Gasteiger partial charge < -0.3 is 9.90 Å². The number of carbonyl (C=O) groups excluding carboxylic acids is 1. The molecule has 0 aromatic carbocycles. The van der Waals surface area contributed by atoms with Gasteiger partial charge in [-0.25, -0.2) is 0 Å². The molecule has 3 atom stereocenters. The van der Waals surface area contributed by atoms with Crippen LogP contribution in [0, 0.1) is 5.92 Å². The van der Waals surface area contributed by atoms with Crippen molar-refractivity contribution in [3.8, 4) is 0 Å². The second kappa shape index (κ2) is 3.79. The Morgan fingerprint density at radius 1 is 1.58 bits per heavy atom. The van der Waals surface area contributed by atoms with E-state index in [4.69, 9.17) is 0 Å². The van der Waals surface area contributed by atoms with Crippen molar-refractivity contribution < 1.29 is 9.90 Å². The van der Waals surface area contributed by atoms with E-state index in [-0.39, 0.29) is 16.8 Å². The zero-order chi connectivity index (χ0) is 9.19. The van der Waals surface area contributed by atoms with Gasteiger partial charge >= 0.3 is 0 Å². The molecule has 0 saturated carbocycles. The summed E-state index contributed by atoms with van der Waals surface area (Å²) in [6, 6.07) is 0. The second-order valence-corrected chi connectivity index (χ2v) is 5.01. The lowest BCUT2D eigenvalue weighted by Crippen LogP contribution is -2.38. The highest BCUT2D eigenvalue weighted by Crippen LogP contribution is 2.43. The third kappa shape index (κ3) is 1.67. The van der Waals surface area contributed by atoms with E-state index in [1.807, 2.05) is 6.92 Å². The summed E-state index contributed by atoms with van der Waals surface area (Å²) in [6.07, 6.45) is 2.66. The van der Waals surface area contributed by atoms with E-state index < -0.39 is 0 Å². The van der Waals surface area contributed by atoms with Crippen LogP contribution in [0.1, 0.15) is 26.7 Å². The average Bonchev–Trinajstić information content (AvgIpc) is 2.52. The molecule has 1 aliphatic heterocycles. The summed E-state index contributed by atoms with van der Waals surface area (Å²) in [6.45, 7) is 3.71. The normalized spacial score (nSPS) is 34.6. The third-order valence-corrected chi connectivity index (χ3v) is 4.48. The van der Waals surface area contributed by atoms with Gasteiger partial charge in [-0.1, -0.05) is 6.92 Å². The molecular formula is C9H16O2S. The zero-order valence-corrected chi connectivity index (χ0v) is 8.43. The van der Waals surface area contributed by atoms with Gasteiger partial charge in [0.25, 0.3) is 0 Å². The fourth-order valence-electron chi connectivity index (χ4n) is 1.65. The van der Waals surface area contributed by atoms with E-state index in [1.165, 1.54) is 0 Å². The van der Waals surface area contributed by atoms with Gasteiger partial charge in [0, 0.05) is 5.92 Å². The van der Waals surface area contributed by atoms with Crippen molar-refractivity contribution in [1.29, 1.82) is 0 Å². The monoisotopic (exact) mass is 188 g/mol. The molecule has 1 N–H and O–H groups in total. The lowest BCUT2D eigenvalue weighted by atomic mass is 9.87. The maximum absolute atomic E-state index is 10.9. The van der Waals surface area contributed by atoms with Crippen molar-refractivity contribution in [2.45, 2.75) is 37.5 Å². The van der Waals surface area contributed by atoms with Gasteiger partial charge in [-0.15, -0.1) is 11.8 Å². The first-order valence-electron chi connectivity index (χ1n) is 4.41. The Morgan fingerprint density at radius 2 is 2.25 bits per heavy atom.